The molecule has 15 heteroatoms. The van der Waals surface area contributed by atoms with Gasteiger partial charge in [-0.3, -0.25) is 14.2 Å². The number of anilines is 1. The maximum atomic E-state index is 14.9. The standard InChI is InChI=1S/C26H39FN5O8P/c1-6-18(7-2)11-37-25(35)16(4)31-41(36)38-13-26(12-27)23(39-17(5)34)19(10-15(3)33)22(40-26)20-8-9-21-24(28)29-14-30-32(20)21/h8-9,14,16,18-19,22-23,41H,6-7,10-13H2,1-5H3,(H,31,36)(H2,28,29,30)/t16-,19-,22+,23-,26+/m0/s1. The highest BCUT2D eigenvalue weighted by Gasteiger charge is 2.59. The van der Waals surface area contributed by atoms with Gasteiger partial charge in [0.2, 0.25) is 0 Å². The Morgan fingerprint density at radius 1 is 1.27 bits per heavy atom. The molecule has 0 aliphatic carbocycles. The fourth-order valence-electron chi connectivity index (χ4n) is 4.92. The van der Waals surface area contributed by atoms with Crippen molar-refractivity contribution in [2.75, 3.05) is 25.6 Å². The van der Waals surface area contributed by atoms with E-state index in [9.17, 15) is 23.3 Å². The molecule has 1 fully saturated rings. The molecule has 2 aromatic heterocycles. The highest BCUT2D eigenvalue weighted by Crippen LogP contribution is 2.49. The first-order chi connectivity index (χ1) is 19.5. The number of ether oxygens (including phenoxy) is 3. The van der Waals surface area contributed by atoms with Gasteiger partial charge in [0.25, 0.3) is 8.18 Å². The molecular weight excluding hydrogens is 560 g/mol. The van der Waals surface area contributed by atoms with Crippen LogP contribution in [0.25, 0.3) is 5.52 Å². The molecule has 0 spiro atoms. The second-order valence-electron chi connectivity index (χ2n) is 10.3. The van der Waals surface area contributed by atoms with Gasteiger partial charge in [-0.25, -0.2) is 19.0 Å². The summed E-state index contributed by atoms with van der Waals surface area (Å²) in [5.41, 5.74) is 4.93. The van der Waals surface area contributed by atoms with Gasteiger partial charge in [0, 0.05) is 19.3 Å². The molecule has 2 aromatic rings. The molecule has 0 radical (unpaired) electrons. The minimum atomic E-state index is -3.12. The number of nitrogens with zero attached hydrogens (tertiary/aromatic N) is 3. The molecular formula is C26H39FN5O8P. The van der Waals surface area contributed by atoms with Crippen LogP contribution in [0.15, 0.2) is 18.5 Å². The molecule has 0 bridgehead atoms. The summed E-state index contributed by atoms with van der Waals surface area (Å²) >= 11 is 0. The summed E-state index contributed by atoms with van der Waals surface area (Å²) in [6.45, 7) is 6.43. The number of rotatable bonds is 15. The summed E-state index contributed by atoms with van der Waals surface area (Å²) in [5.74, 6) is -1.99. The molecule has 0 amide bonds. The minimum Gasteiger partial charge on any atom is -0.464 e. The van der Waals surface area contributed by atoms with Crippen LogP contribution in [-0.2, 0) is 37.7 Å². The number of hydrogen-bond acceptors (Lipinski definition) is 11. The molecule has 228 valence electrons. The number of halogens is 1. The van der Waals surface area contributed by atoms with Gasteiger partial charge in [0.15, 0.2) is 11.4 Å². The number of carbonyl (C=O) groups excluding carboxylic acids is 3. The van der Waals surface area contributed by atoms with Crippen molar-refractivity contribution in [1.29, 1.82) is 0 Å². The first kappa shape index (κ1) is 32.6. The van der Waals surface area contributed by atoms with E-state index in [-0.39, 0.29) is 30.5 Å². The average molecular weight is 600 g/mol. The Labute approximate surface area is 238 Å². The molecule has 1 aliphatic rings. The molecule has 0 saturated carbocycles. The van der Waals surface area contributed by atoms with Crippen molar-refractivity contribution in [2.45, 2.75) is 77.7 Å². The Balaban J connectivity index is 1.83. The largest absolute Gasteiger partial charge is 0.464 e. The Hall–Kier alpha value is -2.93. The molecule has 3 heterocycles. The van der Waals surface area contributed by atoms with Gasteiger partial charge in [-0.2, -0.15) is 5.10 Å². The summed E-state index contributed by atoms with van der Waals surface area (Å²) in [4.78, 5) is 40.7. The highest BCUT2D eigenvalue weighted by molar-refractivity contribution is 7.36. The zero-order valence-electron chi connectivity index (χ0n) is 23.9. The summed E-state index contributed by atoms with van der Waals surface area (Å²) in [5, 5.41) is 6.76. The summed E-state index contributed by atoms with van der Waals surface area (Å²) in [7, 11) is -3.12. The van der Waals surface area contributed by atoms with E-state index in [1.165, 1.54) is 24.7 Å². The molecule has 3 N–H and O–H groups in total. The van der Waals surface area contributed by atoms with Gasteiger partial charge in [0.05, 0.1) is 18.9 Å². The van der Waals surface area contributed by atoms with Crippen LogP contribution in [0.4, 0.5) is 10.2 Å². The first-order valence-corrected chi connectivity index (χ1v) is 14.9. The van der Waals surface area contributed by atoms with Crippen LogP contribution >= 0.6 is 8.18 Å². The first-order valence-electron chi connectivity index (χ1n) is 13.5. The zero-order chi connectivity index (χ0) is 30.3. The Kier molecular flexibility index (Phi) is 11.4. The molecule has 0 aromatic carbocycles. The van der Waals surface area contributed by atoms with E-state index in [4.69, 9.17) is 24.5 Å². The normalized spacial score (nSPS) is 23.9. The molecule has 6 atom stereocenters. The van der Waals surface area contributed by atoms with Crippen molar-refractivity contribution in [3.05, 3.63) is 24.2 Å². The van der Waals surface area contributed by atoms with Crippen LogP contribution in [-0.4, -0.2) is 70.0 Å². The summed E-state index contributed by atoms with van der Waals surface area (Å²) in [6.07, 6.45) is 0.570. The lowest BCUT2D eigenvalue weighted by Crippen LogP contribution is -2.50. The zero-order valence-corrected chi connectivity index (χ0v) is 24.9. The number of nitrogens with two attached hydrogens (primary N) is 1. The van der Waals surface area contributed by atoms with Gasteiger partial charge in [-0.05, 0) is 31.9 Å². The van der Waals surface area contributed by atoms with Crippen LogP contribution in [0, 0.1) is 11.8 Å². The Morgan fingerprint density at radius 2 is 1.98 bits per heavy atom. The number of nitrogen functional groups attached to an aromatic ring is 1. The van der Waals surface area contributed by atoms with E-state index in [2.05, 4.69) is 15.2 Å². The van der Waals surface area contributed by atoms with Gasteiger partial charge in [0.1, 0.15) is 42.6 Å². The molecule has 41 heavy (non-hydrogen) atoms. The number of Topliss-reactive ketones (excluding diaryl/α,β-unsaturated/α-hetero) is 1. The van der Waals surface area contributed by atoms with Gasteiger partial charge >= 0.3 is 11.9 Å². The maximum absolute atomic E-state index is 14.9. The predicted molar refractivity (Wildman–Crippen MR) is 147 cm³/mol. The quantitative estimate of drug-likeness (QED) is 0.227. The van der Waals surface area contributed by atoms with E-state index in [0.717, 1.165) is 19.8 Å². The number of aromatic nitrogens is 3. The summed E-state index contributed by atoms with van der Waals surface area (Å²) in [6, 6.07) is 2.34. The number of hydrogen-bond donors (Lipinski definition) is 2. The number of nitrogens with one attached hydrogen (secondary N) is 1. The number of carbonyl (C=O) groups is 3. The topological polar surface area (TPSA) is 173 Å². The fraction of sp³-hybridized carbons (Fsp3) is 0.654. The van der Waals surface area contributed by atoms with Crippen LogP contribution in [0.5, 0.6) is 0 Å². The van der Waals surface area contributed by atoms with E-state index < -0.39 is 63.2 Å². The third-order valence-electron chi connectivity index (χ3n) is 7.25. The van der Waals surface area contributed by atoms with Crippen LogP contribution in [0.1, 0.15) is 65.7 Å². The van der Waals surface area contributed by atoms with Crippen LogP contribution in [0.2, 0.25) is 0 Å². The second-order valence-corrected chi connectivity index (χ2v) is 11.4. The SMILES string of the molecule is CCC(CC)COC(=O)[C@H](C)N[PH](=O)OC[C@@]1(CF)O[C@@H](c2ccc3c(N)ncnn23)[C@H](CC(C)=O)[C@@H]1OC(C)=O. The lowest BCUT2D eigenvalue weighted by atomic mass is 9.85. The number of esters is 2. The third kappa shape index (κ3) is 7.68. The lowest BCUT2D eigenvalue weighted by molar-refractivity contribution is -0.166. The van der Waals surface area contributed by atoms with Crippen molar-refractivity contribution in [1.82, 2.24) is 19.7 Å². The number of fused-ring (bicyclic) bond motifs is 1. The van der Waals surface area contributed by atoms with Gasteiger partial charge in [-0.1, -0.05) is 26.7 Å². The second kappa shape index (κ2) is 14.3. The Morgan fingerprint density at radius 3 is 2.59 bits per heavy atom. The van der Waals surface area contributed by atoms with Gasteiger partial charge < -0.3 is 29.3 Å². The monoisotopic (exact) mass is 599 g/mol. The van der Waals surface area contributed by atoms with Crippen LogP contribution in [0.3, 0.4) is 0 Å². The van der Waals surface area contributed by atoms with E-state index >= 15 is 0 Å². The molecule has 1 aliphatic heterocycles. The van der Waals surface area contributed by atoms with Crippen molar-refractivity contribution in [3.63, 3.8) is 0 Å². The molecule has 1 saturated heterocycles. The lowest BCUT2D eigenvalue weighted by Gasteiger charge is -2.32. The van der Waals surface area contributed by atoms with E-state index in [1.807, 2.05) is 13.8 Å². The van der Waals surface area contributed by atoms with Crippen molar-refractivity contribution < 1.29 is 42.1 Å². The number of alkyl halides is 1. The maximum Gasteiger partial charge on any atom is 0.323 e. The molecule has 13 nitrogen and oxygen atoms in total. The smallest absolute Gasteiger partial charge is 0.323 e. The van der Waals surface area contributed by atoms with Crippen LogP contribution < -0.4 is 10.8 Å². The minimum absolute atomic E-state index is 0.120. The fourth-order valence-corrected chi connectivity index (χ4v) is 5.85. The van der Waals surface area contributed by atoms with E-state index in [1.54, 1.807) is 12.1 Å². The summed E-state index contributed by atoms with van der Waals surface area (Å²) < 4.78 is 51.7. The number of ketones is 1. The van der Waals surface area contributed by atoms with E-state index in [0.29, 0.717) is 11.2 Å². The van der Waals surface area contributed by atoms with Crippen molar-refractivity contribution in [3.8, 4) is 0 Å². The van der Waals surface area contributed by atoms with Crippen molar-refractivity contribution >= 4 is 37.2 Å². The average Bonchev–Trinajstić information content (AvgIpc) is 3.48. The van der Waals surface area contributed by atoms with Gasteiger partial charge in [-0.15, -0.1) is 0 Å². The third-order valence-corrected chi connectivity index (χ3v) is 8.33. The molecule has 3 rings (SSSR count). The predicted octanol–water partition coefficient (Wildman–Crippen LogP) is 2.98. The molecule has 1 unspecified atom stereocenters. The Bertz CT molecular complexity index is 1260. The van der Waals surface area contributed by atoms with Crippen molar-refractivity contribution in [2.24, 2.45) is 11.8 Å². The highest BCUT2D eigenvalue weighted by atomic mass is 31.1.